The van der Waals surface area contributed by atoms with E-state index >= 15 is 0 Å². The molecule has 0 aromatic carbocycles. The van der Waals surface area contributed by atoms with Gasteiger partial charge >= 0.3 is 0 Å². The fraction of sp³-hybridized carbons (Fsp3) is 0.778. The minimum Gasteiger partial charge on any atom is -0.354 e. The highest BCUT2D eigenvalue weighted by molar-refractivity contribution is 7.80. The Morgan fingerprint density at radius 2 is 1.38 bits per heavy atom. The van der Waals surface area contributed by atoms with Crippen LogP contribution in [0.5, 0.6) is 0 Å². The Bertz CT molecular complexity index is 229. The van der Waals surface area contributed by atoms with E-state index in [-0.39, 0.29) is 17.6 Å². The number of thiol groups is 3. The average Bonchev–Trinajstić information content (AvgIpc) is 2.31. The summed E-state index contributed by atoms with van der Waals surface area (Å²) >= 11 is 12.0. The second-order valence-corrected chi connectivity index (χ2v) is 4.66. The van der Waals surface area contributed by atoms with Gasteiger partial charge in [-0.1, -0.05) is 0 Å². The molecule has 0 aliphatic carbocycles. The first-order chi connectivity index (χ1) is 7.52. The summed E-state index contributed by atoms with van der Waals surface area (Å²) in [5.41, 5.74) is -1.14. The van der Waals surface area contributed by atoms with Gasteiger partial charge < -0.3 is 10.6 Å². The lowest BCUT2D eigenvalue weighted by Crippen LogP contribution is -2.51. The first-order valence-electron chi connectivity index (χ1n) is 4.92. The summed E-state index contributed by atoms with van der Waals surface area (Å²) < 4.78 is 0. The summed E-state index contributed by atoms with van der Waals surface area (Å²) in [6, 6.07) is 0. The molecule has 16 heavy (non-hydrogen) atoms. The summed E-state index contributed by atoms with van der Waals surface area (Å²) in [5.74, 6) is 0.574. The van der Waals surface area contributed by atoms with E-state index in [0.29, 0.717) is 24.6 Å². The Balaban J connectivity index is 4.49. The first-order valence-corrected chi connectivity index (χ1v) is 6.81. The average molecular weight is 282 g/mol. The second-order valence-electron chi connectivity index (χ2n) is 3.45. The molecule has 0 aromatic rings. The molecule has 0 unspecified atom stereocenters. The van der Waals surface area contributed by atoms with E-state index in [2.05, 4.69) is 48.5 Å². The monoisotopic (exact) mass is 282 g/mol. The van der Waals surface area contributed by atoms with Crippen molar-refractivity contribution in [3.05, 3.63) is 0 Å². The summed E-state index contributed by atoms with van der Waals surface area (Å²) in [7, 11) is 0. The smallest absolute Gasteiger partial charge is 0.236 e. The summed E-state index contributed by atoms with van der Waals surface area (Å²) in [6.07, 6.45) is 0. The van der Waals surface area contributed by atoms with Gasteiger partial charge in [0.25, 0.3) is 0 Å². The standard InChI is InChI=1S/C9H18N2O2S3/c1-9(6-16,7(12)10-2-4-14)8(13)11-3-5-15/h14-16H,2-6H2,1H3,(H,10,12)(H,11,13). The van der Waals surface area contributed by atoms with Crippen LogP contribution < -0.4 is 10.6 Å². The van der Waals surface area contributed by atoms with Gasteiger partial charge in [0.05, 0.1) is 0 Å². The van der Waals surface area contributed by atoms with Crippen LogP contribution in [0.1, 0.15) is 6.92 Å². The maximum absolute atomic E-state index is 11.8. The van der Waals surface area contributed by atoms with Gasteiger partial charge in [-0.05, 0) is 6.92 Å². The maximum Gasteiger partial charge on any atom is 0.236 e. The van der Waals surface area contributed by atoms with Crippen LogP contribution >= 0.6 is 37.9 Å². The van der Waals surface area contributed by atoms with Crippen LogP contribution in [0.4, 0.5) is 0 Å². The molecule has 0 bridgehead atoms. The van der Waals surface area contributed by atoms with Crippen LogP contribution in [0.2, 0.25) is 0 Å². The van der Waals surface area contributed by atoms with Crippen molar-refractivity contribution in [2.75, 3.05) is 30.3 Å². The molecular weight excluding hydrogens is 264 g/mol. The van der Waals surface area contributed by atoms with E-state index in [0.717, 1.165) is 0 Å². The fourth-order valence-electron chi connectivity index (χ4n) is 0.976. The normalized spacial score (nSPS) is 11.0. The van der Waals surface area contributed by atoms with Crippen LogP contribution in [-0.2, 0) is 9.59 Å². The van der Waals surface area contributed by atoms with E-state index in [9.17, 15) is 9.59 Å². The number of hydrogen-bond donors (Lipinski definition) is 5. The Hall–Kier alpha value is -0.0100. The van der Waals surface area contributed by atoms with Crippen molar-refractivity contribution < 1.29 is 9.59 Å². The Morgan fingerprint density at radius 3 is 1.62 bits per heavy atom. The van der Waals surface area contributed by atoms with E-state index in [4.69, 9.17) is 0 Å². The topological polar surface area (TPSA) is 58.2 Å². The Labute approximate surface area is 113 Å². The van der Waals surface area contributed by atoms with Crippen LogP contribution in [0.3, 0.4) is 0 Å². The zero-order valence-electron chi connectivity index (χ0n) is 9.19. The molecule has 2 N–H and O–H groups in total. The van der Waals surface area contributed by atoms with Crippen molar-refractivity contribution in [2.24, 2.45) is 5.41 Å². The highest BCUT2D eigenvalue weighted by atomic mass is 32.1. The molecule has 0 rings (SSSR count). The van der Waals surface area contributed by atoms with Crippen molar-refractivity contribution in [1.82, 2.24) is 10.6 Å². The number of amides is 2. The molecule has 0 fully saturated rings. The maximum atomic E-state index is 11.8. The van der Waals surface area contributed by atoms with Gasteiger partial charge in [0.15, 0.2) is 0 Å². The van der Waals surface area contributed by atoms with E-state index in [1.54, 1.807) is 6.92 Å². The number of carbonyl (C=O) groups excluding carboxylic acids is 2. The molecule has 0 atom stereocenters. The van der Waals surface area contributed by atoms with Crippen molar-refractivity contribution in [3.63, 3.8) is 0 Å². The van der Waals surface area contributed by atoms with Crippen LogP contribution in [0.15, 0.2) is 0 Å². The largest absolute Gasteiger partial charge is 0.354 e. The molecule has 7 heteroatoms. The van der Waals surface area contributed by atoms with Gasteiger partial charge in [0.2, 0.25) is 11.8 Å². The molecule has 0 aliphatic heterocycles. The van der Waals surface area contributed by atoms with E-state index < -0.39 is 5.41 Å². The molecule has 0 aromatic heterocycles. The van der Waals surface area contributed by atoms with Crippen molar-refractivity contribution >= 4 is 49.7 Å². The molecule has 0 spiro atoms. The van der Waals surface area contributed by atoms with Gasteiger partial charge in [-0.2, -0.15) is 37.9 Å². The zero-order chi connectivity index (χ0) is 12.6. The number of carbonyl (C=O) groups is 2. The quantitative estimate of drug-likeness (QED) is 0.338. The third-order valence-corrected chi connectivity index (χ3v) is 3.19. The lowest BCUT2D eigenvalue weighted by Gasteiger charge is -2.25. The third kappa shape index (κ3) is 4.47. The summed E-state index contributed by atoms with van der Waals surface area (Å²) in [5, 5.41) is 5.27. The second kappa shape index (κ2) is 8.14. The lowest BCUT2D eigenvalue weighted by molar-refractivity contribution is -0.140. The van der Waals surface area contributed by atoms with Gasteiger partial charge in [0, 0.05) is 30.3 Å². The van der Waals surface area contributed by atoms with Crippen molar-refractivity contribution in [2.45, 2.75) is 6.92 Å². The van der Waals surface area contributed by atoms with Crippen LogP contribution in [-0.4, -0.2) is 42.2 Å². The Morgan fingerprint density at radius 1 is 1.00 bits per heavy atom. The third-order valence-electron chi connectivity index (χ3n) is 2.11. The molecular formula is C9H18N2O2S3. The molecule has 4 nitrogen and oxygen atoms in total. The number of rotatable bonds is 7. The number of nitrogens with one attached hydrogen (secondary N) is 2. The predicted octanol–water partition coefficient (Wildman–Crippen LogP) is 0.0145. The van der Waals surface area contributed by atoms with Gasteiger partial charge in [-0.15, -0.1) is 0 Å². The molecule has 2 amide bonds. The SMILES string of the molecule is CC(CS)(C(=O)NCCS)C(=O)NCCS. The summed E-state index contributed by atoms with van der Waals surface area (Å²) in [6.45, 7) is 2.44. The van der Waals surface area contributed by atoms with Gasteiger partial charge in [-0.25, -0.2) is 0 Å². The molecule has 94 valence electrons. The predicted molar refractivity (Wildman–Crippen MR) is 75.7 cm³/mol. The molecule has 0 saturated heterocycles. The minimum atomic E-state index is -1.14. The van der Waals surface area contributed by atoms with E-state index in [1.807, 2.05) is 0 Å². The molecule has 0 saturated carbocycles. The lowest BCUT2D eigenvalue weighted by atomic mass is 9.90. The van der Waals surface area contributed by atoms with Crippen molar-refractivity contribution in [3.8, 4) is 0 Å². The highest BCUT2D eigenvalue weighted by Crippen LogP contribution is 2.18. The number of hydrogen-bond acceptors (Lipinski definition) is 5. The zero-order valence-corrected chi connectivity index (χ0v) is 11.9. The van der Waals surface area contributed by atoms with Gasteiger partial charge in [0.1, 0.15) is 5.41 Å². The first kappa shape index (κ1) is 16.0. The summed E-state index contributed by atoms with van der Waals surface area (Å²) in [4.78, 5) is 23.6. The molecule has 0 aliphatic rings. The van der Waals surface area contributed by atoms with Gasteiger partial charge in [-0.3, -0.25) is 9.59 Å². The van der Waals surface area contributed by atoms with Crippen LogP contribution in [0, 0.1) is 5.41 Å². The van der Waals surface area contributed by atoms with Crippen LogP contribution in [0.25, 0.3) is 0 Å². The fourth-order valence-corrected chi connectivity index (χ4v) is 1.49. The minimum absolute atomic E-state index is 0.157. The highest BCUT2D eigenvalue weighted by Gasteiger charge is 2.39. The van der Waals surface area contributed by atoms with Crippen molar-refractivity contribution in [1.29, 1.82) is 0 Å². The molecule has 0 heterocycles. The molecule has 0 radical (unpaired) electrons. The Kier molecular flexibility index (Phi) is 8.13. The van der Waals surface area contributed by atoms with E-state index in [1.165, 1.54) is 0 Å².